The maximum absolute atomic E-state index is 11.2. The minimum atomic E-state index is -0.983. The Balaban J connectivity index is 2.49. The number of hydrogen-bond donors (Lipinski definition) is 2. The van der Waals surface area contributed by atoms with Crippen molar-refractivity contribution in [2.75, 3.05) is 11.9 Å². The van der Waals surface area contributed by atoms with Gasteiger partial charge in [0.25, 0.3) is 0 Å². The van der Waals surface area contributed by atoms with E-state index in [1.807, 2.05) is 6.92 Å². The Labute approximate surface area is 95.4 Å². The van der Waals surface area contributed by atoms with Crippen LogP contribution in [0.15, 0.2) is 24.3 Å². The molecule has 0 aliphatic rings. The zero-order valence-electron chi connectivity index (χ0n) is 8.49. The third-order valence-corrected chi connectivity index (χ3v) is 2.83. The predicted octanol–water partition coefficient (Wildman–Crippen LogP) is 0.893. The summed E-state index contributed by atoms with van der Waals surface area (Å²) >= 11 is -0.983. The molecule has 1 rings (SSSR count). The van der Waals surface area contributed by atoms with E-state index >= 15 is 0 Å². The molecule has 1 aromatic rings. The molecule has 0 fully saturated rings. The van der Waals surface area contributed by atoms with E-state index < -0.39 is 15.7 Å². The molecule has 0 aromatic heterocycles. The van der Waals surface area contributed by atoms with Crippen LogP contribution in [0.1, 0.15) is 13.3 Å². The maximum atomic E-state index is 11.2. The molecule has 0 aliphatic carbocycles. The van der Waals surface area contributed by atoms with Crippen LogP contribution >= 0.6 is 0 Å². The predicted molar refractivity (Wildman–Crippen MR) is 59.8 cm³/mol. The van der Waals surface area contributed by atoms with Crippen LogP contribution in [-0.2, 0) is 3.74 Å². The van der Waals surface area contributed by atoms with Crippen molar-refractivity contribution < 1.29 is 8.53 Å². The Hall–Kier alpha value is -1.15. The molecule has 0 heterocycles. The molecule has 15 heavy (non-hydrogen) atoms. The molecule has 80 valence electrons. The standard InChI is InChI=1S/C10H13AsN2O2/c1-2-7-12-10(14)13-9-5-3-8(11-15)4-6-9/h3-6H,2,7H2,1H3,(H2,12,13,14). The van der Waals surface area contributed by atoms with E-state index in [1.165, 1.54) is 0 Å². The first-order valence-corrected chi connectivity index (χ1v) is 6.45. The summed E-state index contributed by atoms with van der Waals surface area (Å²) in [6, 6.07) is 6.79. The van der Waals surface area contributed by atoms with Gasteiger partial charge in [-0.25, -0.2) is 0 Å². The van der Waals surface area contributed by atoms with Crippen LogP contribution in [-0.4, -0.2) is 28.3 Å². The molecule has 0 unspecified atom stereocenters. The van der Waals surface area contributed by atoms with Gasteiger partial charge < -0.3 is 0 Å². The molecular weight excluding hydrogens is 255 g/mol. The van der Waals surface area contributed by atoms with Crippen LogP contribution in [0, 0.1) is 0 Å². The monoisotopic (exact) mass is 268 g/mol. The van der Waals surface area contributed by atoms with Gasteiger partial charge in [0, 0.05) is 0 Å². The molecule has 0 saturated carbocycles. The van der Waals surface area contributed by atoms with Gasteiger partial charge in [0.2, 0.25) is 0 Å². The molecule has 5 heteroatoms. The van der Waals surface area contributed by atoms with Gasteiger partial charge in [0.05, 0.1) is 0 Å². The number of urea groups is 1. The second kappa shape index (κ2) is 6.35. The molecule has 0 atom stereocenters. The fourth-order valence-corrected chi connectivity index (χ4v) is 1.59. The van der Waals surface area contributed by atoms with Crippen molar-refractivity contribution in [2.24, 2.45) is 0 Å². The van der Waals surface area contributed by atoms with E-state index in [4.69, 9.17) is 0 Å². The van der Waals surface area contributed by atoms with Crippen LogP contribution in [0.5, 0.6) is 0 Å². The molecule has 1 aromatic carbocycles. The molecule has 0 spiro atoms. The number of rotatable bonds is 4. The summed E-state index contributed by atoms with van der Waals surface area (Å²) < 4.78 is 11.4. The average Bonchev–Trinajstić information content (AvgIpc) is 2.27. The SMILES string of the molecule is CCCNC(=O)Nc1ccc([As]=O)cc1. The molecule has 2 amide bonds. The topological polar surface area (TPSA) is 58.2 Å². The Kier molecular flexibility index (Phi) is 5.05. The first kappa shape index (κ1) is 11.9. The molecule has 0 bridgehead atoms. The van der Waals surface area contributed by atoms with E-state index in [0.29, 0.717) is 12.2 Å². The van der Waals surface area contributed by atoms with Gasteiger partial charge in [-0.2, -0.15) is 0 Å². The Bertz CT molecular complexity index is 338. The summed E-state index contributed by atoms with van der Waals surface area (Å²) in [5.41, 5.74) is 0.710. The molecule has 0 aliphatic heterocycles. The van der Waals surface area contributed by atoms with E-state index in [-0.39, 0.29) is 6.03 Å². The van der Waals surface area contributed by atoms with Crippen molar-refractivity contribution in [3.05, 3.63) is 24.3 Å². The summed E-state index contributed by atoms with van der Waals surface area (Å²) in [4.78, 5) is 11.2. The third kappa shape index (κ3) is 4.26. The zero-order valence-corrected chi connectivity index (χ0v) is 10.4. The van der Waals surface area contributed by atoms with Gasteiger partial charge in [-0.05, 0) is 0 Å². The number of benzene rings is 1. The molecule has 4 nitrogen and oxygen atoms in total. The van der Waals surface area contributed by atoms with Crippen molar-refractivity contribution in [3.8, 4) is 0 Å². The normalized spacial score (nSPS) is 9.93. The average molecular weight is 268 g/mol. The number of carbonyl (C=O) groups is 1. The third-order valence-electron chi connectivity index (χ3n) is 1.77. The van der Waals surface area contributed by atoms with E-state index in [0.717, 1.165) is 10.8 Å². The number of amides is 2. The zero-order chi connectivity index (χ0) is 11.1. The summed E-state index contributed by atoms with van der Waals surface area (Å²) in [5.74, 6) is 0. The molecule has 2 N–H and O–H groups in total. The Morgan fingerprint density at radius 1 is 1.33 bits per heavy atom. The van der Waals surface area contributed by atoms with Crippen molar-refractivity contribution in [3.63, 3.8) is 0 Å². The van der Waals surface area contributed by atoms with Gasteiger partial charge in [-0.1, -0.05) is 0 Å². The van der Waals surface area contributed by atoms with Crippen LogP contribution in [0.3, 0.4) is 0 Å². The number of anilines is 1. The molecule has 0 radical (unpaired) electrons. The summed E-state index contributed by atoms with van der Waals surface area (Å²) in [6.07, 6.45) is 0.909. The Morgan fingerprint density at radius 2 is 2.00 bits per heavy atom. The first-order valence-electron chi connectivity index (χ1n) is 4.74. The second-order valence-electron chi connectivity index (χ2n) is 3.02. The fraction of sp³-hybridized carbons (Fsp3) is 0.300. The van der Waals surface area contributed by atoms with Crippen molar-refractivity contribution >= 4 is 31.8 Å². The van der Waals surface area contributed by atoms with Crippen molar-refractivity contribution in [1.29, 1.82) is 0 Å². The summed E-state index contributed by atoms with van der Waals surface area (Å²) in [6.45, 7) is 2.65. The number of hydrogen-bond acceptors (Lipinski definition) is 2. The van der Waals surface area contributed by atoms with Crippen LogP contribution in [0.25, 0.3) is 0 Å². The first-order chi connectivity index (χ1) is 7.26. The second-order valence-corrected chi connectivity index (χ2v) is 4.49. The van der Waals surface area contributed by atoms with E-state index in [1.54, 1.807) is 24.3 Å². The van der Waals surface area contributed by atoms with Crippen molar-refractivity contribution in [1.82, 2.24) is 5.32 Å². The van der Waals surface area contributed by atoms with Gasteiger partial charge in [0.15, 0.2) is 0 Å². The van der Waals surface area contributed by atoms with E-state index in [9.17, 15) is 8.53 Å². The van der Waals surface area contributed by atoms with Gasteiger partial charge in [-0.15, -0.1) is 0 Å². The molecule has 0 saturated heterocycles. The van der Waals surface area contributed by atoms with Gasteiger partial charge in [-0.3, -0.25) is 0 Å². The summed E-state index contributed by atoms with van der Waals surface area (Å²) in [7, 11) is 0. The van der Waals surface area contributed by atoms with E-state index in [2.05, 4.69) is 10.6 Å². The minimum absolute atomic E-state index is 0.208. The number of carbonyl (C=O) groups excluding carboxylic acids is 1. The van der Waals surface area contributed by atoms with Crippen LogP contribution in [0.4, 0.5) is 10.5 Å². The quantitative estimate of drug-likeness (QED) is 0.797. The van der Waals surface area contributed by atoms with Gasteiger partial charge >= 0.3 is 95.1 Å². The van der Waals surface area contributed by atoms with Crippen LogP contribution < -0.4 is 15.0 Å². The van der Waals surface area contributed by atoms with Gasteiger partial charge in [0.1, 0.15) is 0 Å². The number of nitrogens with one attached hydrogen (secondary N) is 2. The summed E-state index contributed by atoms with van der Waals surface area (Å²) in [5, 5.41) is 5.39. The van der Waals surface area contributed by atoms with Crippen molar-refractivity contribution in [2.45, 2.75) is 13.3 Å². The Morgan fingerprint density at radius 3 is 2.53 bits per heavy atom. The van der Waals surface area contributed by atoms with Crippen LogP contribution in [0.2, 0.25) is 0 Å². The molecular formula is C10H13AsN2O2. The fourth-order valence-electron chi connectivity index (χ4n) is 1.02.